The molecule has 0 bridgehead atoms. The standard InChI is InChI=1S/C4H5NS2/c5-3-6-1-4-2-7-4/h4H,1-2H2. The van der Waals surface area contributed by atoms with E-state index in [0.717, 1.165) is 11.0 Å². The van der Waals surface area contributed by atoms with Gasteiger partial charge in [0.05, 0.1) is 0 Å². The van der Waals surface area contributed by atoms with Gasteiger partial charge in [-0.05, 0) is 11.8 Å². The largest absolute Gasteiger partial charge is 0.185 e. The molecule has 1 atom stereocenters. The number of nitrogens with zero attached hydrogens (tertiary/aromatic N) is 1. The number of hydrogen-bond donors (Lipinski definition) is 0. The van der Waals surface area contributed by atoms with E-state index in [-0.39, 0.29) is 0 Å². The van der Waals surface area contributed by atoms with Crippen molar-refractivity contribution in [2.75, 3.05) is 11.5 Å². The average Bonchev–Trinajstić information content (AvgIpc) is 2.42. The molecule has 1 aliphatic heterocycles. The fourth-order valence-electron chi connectivity index (χ4n) is 0.294. The highest BCUT2D eigenvalue weighted by Crippen LogP contribution is 2.32. The molecule has 0 aromatic rings. The summed E-state index contributed by atoms with van der Waals surface area (Å²) in [6, 6.07) is 0. The predicted octanol–water partition coefficient (Wildman–Crippen LogP) is 1.32. The first-order valence-corrected chi connectivity index (χ1v) is 4.09. The predicted molar refractivity (Wildman–Crippen MR) is 34.3 cm³/mol. The molecule has 7 heavy (non-hydrogen) atoms. The Morgan fingerprint density at radius 1 is 2.00 bits per heavy atom. The Morgan fingerprint density at radius 2 is 2.71 bits per heavy atom. The molecule has 1 aliphatic rings. The minimum atomic E-state index is 0.810. The first-order chi connectivity index (χ1) is 3.43. The van der Waals surface area contributed by atoms with Crippen molar-refractivity contribution in [1.82, 2.24) is 0 Å². The van der Waals surface area contributed by atoms with Crippen molar-refractivity contribution in [2.45, 2.75) is 5.25 Å². The second kappa shape index (κ2) is 2.49. The van der Waals surface area contributed by atoms with Crippen LogP contribution in [-0.2, 0) is 0 Å². The molecular weight excluding hydrogens is 126 g/mol. The maximum absolute atomic E-state index is 8.05. The molecule has 38 valence electrons. The second-order valence-electron chi connectivity index (χ2n) is 1.36. The Labute approximate surface area is 51.5 Å². The van der Waals surface area contributed by atoms with Crippen molar-refractivity contribution < 1.29 is 0 Å². The summed E-state index contributed by atoms with van der Waals surface area (Å²) in [6.45, 7) is 0. The van der Waals surface area contributed by atoms with Gasteiger partial charge in [0.25, 0.3) is 0 Å². The van der Waals surface area contributed by atoms with E-state index in [1.165, 1.54) is 17.5 Å². The molecule has 0 spiro atoms. The van der Waals surface area contributed by atoms with Gasteiger partial charge in [-0.15, -0.1) is 0 Å². The van der Waals surface area contributed by atoms with Gasteiger partial charge in [-0.1, -0.05) is 0 Å². The van der Waals surface area contributed by atoms with E-state index in [1.807, 2.05) is 17.2 Å². The highest BCUT2D eigenvalue weighted by atomic mass is 32.2. The van der Waals surface area contributed by atoms with Gasteiger partial charge in [0.1, 0.15) is 5.40 Å². The first-order valence-electron chi connectivity index (χ1n) is 2.06. The summed E-state index contributed by atoms with van der Waals surface area (Å²) in [4.78, 5) is 0. The third-order valence-corrected chi connectivity index (χ3v) is 2.62. The lowest BCUT2D eigenvalue weighted by atomic mass is 10.6. The van der Waals surface area contributed by atoms with Gasteiger partial charge >= 0.3 is 0 Å². The summed E-state index contributed by atoms with van der Waals surface area (Å²) in [5.41, 5.74) is 0. The lowest BCUT2D eigenvalue weighted by Gasteiger charge is -1.78. The third kappa shape index (κ3) is 2.10. The van der Waals surface area contributed by atoms with Gasteiger partial charge in [-0.2, -0.15) is 17.0 Å². The maximum atomic E-state index is 8.05. The molecule has 1 heterocycles. The molecule has 1 nitrogen and oxygen atoms in total. The molecule has 0 N–H and O–H groups in total. The van der Waals surface area contributed by atoms with Gasteiger partial charge in [0, 0.05) is 16.8 Å². The summed E-state index contributed by atoms with van der Waals surface area (Å²) in [6.07, 6.45) is 0. The van der Waals surface area contributed by atoms with Crippen molar-refractivity contribution in [3.8, 4) is 5.40 Å². The lowest BCUT2D eigenvalue weighted by molar-refractivity contribution is 1.27. The highest BCUT2D eigenvalue weighted by Gasteiger charge is 2.21. The molecule has 0 saturated carbocycles. The van der Waals surface area contributed by atoms with Gasteiger partial charge < -0.3 is 0 Å². The van der Waals surface area contributed by atoms with Crippen LogP contribution in [0.3, 0.4) is 0 Å². The fraction of sp³-hybridized carbons (Fsp3) is 0.750. The topological polar surface area (TPSA) is 23.8 Å². The molecule has 0 aromatic carbocycles. The van der Waals surface area contributed by atoms with Gasteiger partial charge in [0.2, 0.25) is 0 Å². The van der Waals surface area contributed by atoms with Crippen LogP contribution in [0.2, 0.25) is 0 Å². The summed E-state index contributed by atoms with van der Waals surface area (Å²) < 4.78 is 0. The third-order valence-electron chi connectivity index (χ3n) is 0.736. The van der Waals surface area contributed by atoms with Crippen LogP contribution in [0.4, 0.5) is 0 Å². The van der Waals surface area contributed by atoms with Crippen LogP contribution in [-0.4, -0.2) is 16.8 Å². The van der Waals surface area contributed by atoms with Crippen molar-refractivity contribution in [3.63, 3.8) is 0 Å². The molecule has 0 amide bonds. The zero-order valence-corrected chi connectivity index (χ0v) is 5.39. The van der Waals surface area contributed by atoms with E-state index in [1.54, 1.807) is 0 Å². The molecule has 3 heteroatoms. The van der Waals surface area contributed by atoms with Crippen LogP contribution in [0.1, 0.15) is 0 Å². The zero-order chi connectivity index (χ0) is 5.11. The number of thiocyanates is 1. The van der Waals surface area contributed by atoms with Crippen molar-refractivity contribution >= 4 is 23.5 Å². The average molecular weight is 131 g/mol. The number of rotatable bonds is 2. The minimum Gasteiger partial charge on any atom is -0.185 e. The Balaban J connectivity index is 1.91. The van der Waals surface area contributed by atoms with E-state index < -0.39 is 0 Å². The number of hydrogen-bond acceptors (Lipinski definition) is 3. The fourth-order valence-corrected chi connectivity index (χ4v) is 1.66. The van der Waals surface area contributed by atoms with Crippen molar-refractivity contribution in [3.05, 3.63) is 0 Å². The first kappa shape index (κ1) is 5.33. The Morgan fingerprint density at radius 3 is 3.14 bits per heavy atom. The van der Waals surface area contributed by atoms with Crippen molar-refractivity contribution in [1.29, 1.82) is 5.26 Å². The summed E-state index contributed by atoms with van der Waals surface area (Å²) in [5.74, 6) is 2.30. The van der Waals surface area contributed by atoms with E-state index in [9.17, 15) is 0 Å². The van der Waals surface area contributed by atoms with Crippen LogP contribution >= 0.6 is 23.5 Å². The van der Waals surface area contributed by atoms with E-state index in [2.05, 4.69) is 0 Å². The Hall–Kier alpha value is 0.190. The highest BCUT2D eigenvalue weighted by molar-refractivity contribution is 8.09. The monoisotopic (exact) mass is 131 g/mol. The zero-order valence-electron chi connectivity index (χ0n) is 3.76. The summed E-state index contributed by atoms with van der Waals surface area (Å²) in [5, 5.41) is 10.9. The maximum Gasteiger partial charge on any atom is 0.133 e. The molecule has 1 fully saturated rings. The number of thioether (sulfide) groups is 2. The quantitative estimate of drug-likeness (QED) is 0.417. The minimum absolute atomic E-state index is 0.810. The van der Waals surface area contributed by atoms with Crippen LogP contribution in [0, 0.1) is 10.7 Å². The van der Waals surface area contributed by atoms with E-state index in [4.69, 9.17) is 5.26 Å². The SMILES string of the molecule is N#CSCC1CS1. The number of nitriles is 1. The molecule has 0 radical (unpaired) electrons. The van der Waals surface area contributed by atoms with Gasteiger partial charge in [-0.25, -0.2) is 0 Å². The second-order valence-corrected chi connectivity index (χ2v) is 3.50. The molecule has 0 aliphatic carbocycles. The lowest BCUT2D eigenvalue weighted by Crippen LogP contribution is -1.82. The summed E-state index contributed by atoms with van der Waals surface area (Å²) in [7, 11) is 0. The Bertz CT molecular complexity index is 92.4. The van der Waals surface area contributed by atoms with Crippen LogP contribution in [0.15, 0.2) is 0 Å². The van der Waals surface area contributed by atoms with E-state index in [0.29, 0.717) is 0 Å². The molecule has 0 aromatic heterocycles. The molecule has 1 unspecified atom stereocenters. The van der Waals surface area contributed by atoms with Crippen molar-refractivity contribution in [2.24, 2.45) is 0 Å². The van der Waals surface area contributed by atoms with Crippen LogP contribution < -0.4 is 0 Å². The normalized spacial score (nSPS) is 26.4. The van der Waals surface area contributed by atoms with Crippen LogP contribution in [0.25, 0.3) is 0 Å². The smallest absolute Gasteiger partial charge is 0.133 e. The molecule has 1 rings (SSSR count). The molecular formula is C4H5NS2. The van der Waals surface area contributed by atoms with Crippen LogP contribution in [0.5, 0.6) is 0 Å². The Kier molecular flexibility index (Phi) is 1.89. The molecule has 1 saturated heterocycles. The van der Waals surface area contributed by atoms with Gasteiger partial charge in [-0.3, -0.25) is 0 Å². The van der Waals surface area contributed by atoms with E-state index >= 15 is 0 Å². The summed E-state index contributed by atoms with van der Waals surface area (Å²) >= 11 is 3.30. The van der Waals surface area contributed by atoms with Gasteiger partial charge in [0.15, 0.2) is 0 Å².